The second-order valence-electron chi connectivity index (χ2n) is 14.1. The van der Waals surface area contributed by atoms with Crippen molar-refractivity contribution in [3.63, 3.8) is 0 Å². The van der Waals surface area contributed by atoms with Gasteiger partial charge in [-0.3, -0.25) is 9.59 Å². The van der Waals surface area contributed by atoms with Crippen molar-refractivity contribution in [2.45, 2.75) is 119 Å². The largest absolute Gasteiger partial charge is 0.508 e. The molecule has 0 saturated carbocycles. The summed E-state index contributed by atoms with van der Waals surface area (Å²) in [4.78, 5) is 22.8. The fraction of sp³-hybridized carbons (Fsp3) is 0.576. The average molecular weight is 543 g/mol. The van der Waals surface area contributed by atoms with E-state index in [9.17, 15) is 14.7 Å². The lowest BCUT2D eigenvalue weighted by atomic mass is 9.79. The van der Waals surface area contributed by atoms with Crippen molar-refractivity contribution >= 4 is 11.9 Å². The lowest BCUT2D eigenvalue weighted by Crippen LogP contribution is -2.21. The van der Waals surface area contributed by atoms with Crippen LogP contribution in [0.25, 0.3) is 0 Å². The van der Waals surface area contributed by atoms with E-state index in [1.54, 1.807) is 19.2 Å². The first-order chi connectivity index (χ1) is 17.4. The van der Waals surface area contributed by atoms with Gasteiger partial charge < -0.3 is 19.3 Å². The molecule has 1 N–H and O–H groups in total. The molecule has 0 heterocycles. The van der Waals surface area contributed by atoms with Crippen LogP contribution in [-0.4, -0.2) is 24.2 Å². The number of rotatable bonds is 3. The molecule has 2 rings (SSSR count). The first-order valence-corrected chi connectivity index (χ1v) is 13.4. The van der Waals surface area contributed by atoms with Gasteiger partial charge in [-0.25, -0.2) is 0 Å². The van der Waals surface area contributed by atoms with Gasteiger partial charge in [-0.2, -0.15) is 0 Å². The van der Waals surface area contributed by atoms with Crippen LogP contribution >= 0.6 is 0 Å². The molecular formula is C33H50O6. The number of hydrogen-bond donors (Lipinski definition) is 1. The number of methoxy groups -OCH3 is 1. The Morgan fingerprint density at radius 2 is 0.821 bits per heavy atom. The van der Waals surface area contributed by atoms with E-state index >= 15 is 0 Å². The summed E-state index contributed by atoms with van der Waals surface area (Å²) in [6.07, 6.45) is 0. The zero-order chi connectivity index (χ0) is 30.7. The highest BCUT2D eigenvalue weighted by molar-refractivity contribution is 5.72. The molecule has 39 heavy (non-hydrogen) atoms. The topological polar surface area (TPSA) is 82.1 Å². The Morgan fingerprint density at radius 1 is 0.564 bits per heavy atom. The third kappa shape index (κ3) is 9.59. The molecule has 0 aliphatic carbocycles. The number of benzene rings is 2. The summed E-state index contributed by atoms with van der Waals surface area (Å²) in [6, 6.07) is 7.25. The smallest absolute Gasteiger partial charge is 0.308 e. The quantitative estimate of drug-likeness (QED) is 0.311. The Kier molecular flexibility index (Phi) is 10.5. The zero-order valence-corrected chi connectivity index (χ0v) is 26.8. The van der Waals surface area contributed by atoms with Gasteiger partial charge in [0.1, 0.15) is 23.0 Å². The van der Waals surface area contributed by atoms with Crippen LogP contribution in [0.4, 0.5) is 0 Å². The van der Waals surface area contributed by atoms with Crippen molar-refractivity contribution in [2.75, 3.05) is 7.11 Å². The predicted molar refractivity (Wildman–Crippen MR) is 159 cm³/mol. The number of carbonyl (C=O) groups excluding carboxylic acids is 2. The van der Waals surface area contributed by atoms with Gasteiger partial charge in [0, 0.05) is 36.1 Å². The Balaban J connectivity index is 0.000000391. The molecule has 218 valence electrons. The highest BCUT2D eigenvalue weighted by Crippen LogP contribution is 2.43. The Morgan fingerprint density at radius 3 is 1.03 bits per heavy atom. The number of phenolic OH excluding ortho intramolecular Hbond substituents is 1. The molecular weight excluding hydrogens is 492 g/mol. The van der Waals surface area contributed by atoms with Crippen LogP contribution in [0, 0.1) is 0 Å². The van der Waals surface area contributed by atoms with E-state index in [4.69, 9.17) is 14.2 Å². The first kappa shape index (κ1) is 34.0. The lowest BCUT2D eigenvalue weighted by Gasteiger charge is -2.29. The predicted octanol–water partition coefficient (Wildman–Crippen LogP) is 8.13. The molecule has 6 heteroatoms. The average Bonchev–Trinajstić information content (AvgIpc) is 2.71. The molecule has 0 aliphatic rings. The van der Waals surface area contributed by atoms with Gasteiger partial charge >= 0.3 is 11.9 Å². The van der Waals surface area contributed by atoms with E-state index in [1.807, 2.05) is 53.7 Å². The number of ether oxygens (including phenoxy) is 3. The van der Waals surface area contributed by atoms with Crippen molar-refractivity contribution in [3.05, 3.63) is 46.5 Å². The normalized spacial score (nSPS) is 12.3. The number of phenols is 1. The Bertz CT molecular complexity index is 1110. The van der Waals surface area contributed by atoms with Crippen molar-refractivity contribution < 1.29 is 28.9 Å². The zero-order valence-electron chi connectivity index (χ0n) is 26.8. The van der Waals surface area contributed by atoms with Crippen LogP contribution in [0.5, 0.6) is 23.0 Å². The summed E-state index contributed by atoms with van der Waals surface area (Å²) in [6.45, 7) is 27.6. The second kappa shape index (κ2) is 12.0. The number of carbonyl (C=O) groups is 2. The van der Waals surface area contributed by atoms with Crippen LogP contribution in [-0.2, 0) is 31.2 Å². The molecule has 2 aromatic rings. The number of esters is 2. The summed E-state index contributed by atoms with van der Waals surface area (Å²) < 4.78 is 16.4. The molecule has 0 radical (unpaired) electrons. The Hall–Kier alpha value is -3.02. The van der Waals surface area contributed by atoms with E-state index in [0.29, 0.717) is 11.5 Å². The molecule has 6 nitrogen and oxygen atoms in total. The SMILES string of the molecule is CC(=O)Oc1c(C(C)(C)C)cc(O)cc1C(C)(C)C.COc1cc(C(C)(C)C)c(OC(C)=O)c(C(C)(C)C)c1. The number of hydrogen-bond acceptors (Lipinski definition) is 6. The van der Waals surface area contributed by atoms with Gasteiger partial charge in [0.05, 0.1) is 7.11 Å². The van der Waals surface area contributed by atoms with Crippen LogP contribution in [0.1, 0.15) is 119 Å². The van der Waals surface area contributed by atoms with Crippen LogP contribution < -0.4 is 14.2 Å². The van der Waals surface area contributed by atoms with Crippen molar-refractivity contribution in [2.24, 2.45) is 0 Å². The summed E-state index contributed by atoms with van der Waals surface area (Å²) in [5, 5.41) is 9.94. The van der Waals surface area contributed by atoms with Crippen LogP contribution in [0.15, 0.2) is 24.3 Å². The standard InChI is InChI=1S/C17H26O3.C16H24O3/c1-11(18)20-15-13(16(2,3)4)9-12(19-8)10-14(15)17(5,6)7;1-10(17)19-14-12(15(2,3)4)8-11(18)9-13(14)16(5,6)7/h9-10H,1-8H3;8-9,18H,1-7H3. The van der Waals surface area contributed by atoms with Crippen molar-refractivity contribution in [1.82, 2.24) is 0 Å². The first-order valence-electron chi connectivity index (χ1n) is 13.4. The minimum Gasteiger partial charge on any atom is -0.508 e. The van der Waals surface area contributed by atoms with E-state index < -0.39 is 0 Å². The van der Waals surface area contributed by atoms with Crippen molar-refractivity contribution in [1.29, 1.82) is 0 Å². The molecule has 0 aromatic heterocycles. The summed E-state index contributed by atoms with van der Waals surface area (Å²) in [5.41, 5.74) is 2.93. The molecule has 2 aromatic carbocycles. The highest BCUT2D eigenvalue weighted by atomic mass is 16.5. The highest BCUT2D eigenvalue weighted by Gasteiger charge is 2.30. The van der Waals surface area contributed by atoms with E-state index in [1.165, 1.54) is 13.8 Å². The van der Waals surface area contributed by atoms with E-state index in [-0.39, 0.29) is 39.3 Å². The van der Waals surface area contributed by atoms with Crippen LogP contribution in [0.2, 0.25) is 0 Å². The molecule has 0 saturated heterocycles. The van der Waals surface area contributed by atoms with Gasteiger partial charge in [0.15, 0.2) is 0 Å². The van der Waals surface area contributed by atoms with E-state index in [0.717, 1.165) is 28.0 Å². The monoisotopic (exact) mass is 542 g/mol. The third-order valence-electron chi connectivity index (χ3n) is 6.10. The Labute approximate surface area is 236 Å². The maximum atomic E-state index is 11.5. The molecule has 0 unspecified atom stereocenters. The molecule has 0 spiro atoms. The second-order valence-corrected chi connectivity index (χ2v) is 14.1. The van der Waals surface area contributed by atoms with Gasteiger partial charge in [0.2, 0.25) is 0 Å². The minimum atomic E-state index is -0.346. The summed E-state index contributed by atoms with van der Waals surface area (Å²) in [7, 11) is 1.65. The summed E-state index contributed by atoms with van der Waals surface area (Å²) >= 11 is 0. The van der Waals surface area contributed by atoms with Crippen molar-refractivity contribution in [3.8, 4) is 23.0 Å². The maximum absolute atomic E-state index is 11.5. The number of aromatic hydroxyl groups is 1. The lowest BCUT2D eigenvalue weighted by molar-refractivity contribution is -0.133. The molecule has 0 aliphatic heterocycles. The fourth-order valence-electron chi connectivity index (χ4n) is 4.07. The molecule has 0 bridgehead atoms. The van der Waals surface area contributed by atoms with Gasteiger partial charge in [-0.1, -0.05) is 83.1 Å². The molecule has 0 fully saturated rings. The van der Waals surface area contributed by atoms with Gasteiger partial charge in [-0.15, -0.1) is 0 Å². The maximum Gasteiger partial charge on any atom is 0.308 e. The molecule has 0 atom stereocenters. The van der Waals surface area contributed by atoms with Gasteiger partial charge in [0.25, 0.3) is 0 Å². The van der Waals surface area contributed by atoms with Crippen LogP contribution in [0.3, 0.4) is 0 Å². The third-order valence-corrected chi connectivity index (χ3v) is 6.10. The summed E-state index contributed by atoms with van der Waals surface area (Å²) in [5.74, 6) is 1.58. The van der Waals surface area contributed by atoms with E-state index in [2.05, 4.69) is 41.5 Å². The molecule has 0 amide bonds. The fourth-order valence-corrected chi connectivity index (χ4v) is 4.07. The minimum absolute atomic E-state index is 0.140. The van der Waals surface area contributed by atoms with Gasteiger partial charge in [-0.05, 0) is 45.9 Å².